The van der Waals surface area contributed by atoms with E-state index in [0.717, 1.165) is 30.6 Å². The van der Waals surface area contributed by atoms with Gasteiger partial charge in [-0.15, -0.1) is 17.5 Å². The predicted octanol–water partition coefficient (Wildman–Crippen LogP) is 2.24. The van der Waals surface area contributed by atoms with E-state index in [-0.39, 0.29) is 30.3 Å². The van der Waals surface area contributed by atoms with Crippen molar-refractivity contribution in [1.29, 1.82) is 0 Å². The van der Waals surface area contributed by atoms with Gasteiger partial charge < -0.3 is 11.1 Å². The van der Waals surface area contributed by atoms with Crippen LogP contribution in [0.3, 0.4) is 0 Å². The minimum Gasteiger partial charge on any atom is -0.348 e. The Bertz CT molecular complexity index is 660. The van der Waals surface area contributed by atoms with Crippen molar-refractivity contribution >= 4 is 18.3 Å². The number of amides is 1. The summed E-state index contributed by atoms with van der Waals surface area (Å²) in [6.07, 6.45) is 4.91. The van der Waals surface area contributed by atoms with E-state index in [0.29, 0.717) is 12.5 Å². The third kappa shape index (κ3) is 3.94. The van der Waals surface area contributed by atoms with Crippen LogP contribution < -0.4 is 11.1 Å². The lowest BCUT2D eigenvalue weighted by atomic mass is 9.95. The molecule has 1 saturated carbocycles. The topological polar surface area (TPSA) is 85.8 Å². The summed E-state index contributed by atoms with van der Waals surface area (Å²) in [5.41, 5.74) is 7.47. The van der Waals surface area contributed by atoms with E-state index < -0.39 is 0 Å². The van der Waals surface area contributed by atoms with Crippen molar-refractivity contribution in [2.45, 2.75) is 32.2 Å². The summed E-state index contributed by atoms with van der Waals surface area (Å²) in [5.74, 6) is 0.425. The van der Waals surface area contributed by atoms with Crippen LogP contribution in [0.2, 0.25) is 0 Å². The van der Waals surface area contributed by atoms with Crippen molar-refractivity contribution < 1.29 is 4.79 Å². The number of hydrogen-bond acceptors (Lipinski definition) is 4. The van der Waals surface area contributed by atoms with E-state index in [1.165, 1.54) is 0 Å². The fourth-order valence-corrected chi connectivity index (χ4v) is 3.24. The number of aromatic nitrogens is 3. The van der Waals surface area contributed by atoms with Crippen molar-refractivity contribution in [1.82, 2.24) is 20.3 Å². The van der Waals surface area contributed by atoms with Crippen LogP contribution in [0.1, 0.15) is 37.9 Å². The van der Waals surface area contributed by atoms with Gasteiger partial charge in [-0.25, -0.2) is 4.68 Å². The Hall–Kier alpha value is -1.92. The van der Waals surface area contributed by atoms with E-state index in [9.17, 15) is 4.79 Å². The van der Waals surface area contributed by atoms with Gasteiger partial charge >= 0.3 is 0 Å². The zero-order valence-electron chi connectivity index (χ0n) is 13.8. The Morgan fingerprint density at radius 3 is 2.83 bits per heavy atom. The van der Waals surface area contributed by atoms with Gasteiger partial charge in [-0.3, -0.25) is 4.79 Å². The third-order valence-electron chi connectivity index (χ3n) is 4.63. The van der Waals surface area contributed by atoms with Crippen molar-refractivity contribution in [2.24, 2.45) is 17.6 Å². The van der Waals surface area contributed by atoms with E-state index in [4.69, 9.17) is 5.73 Å². The molecule has 2 aromatic rings. The van der Waals surface area contributed by atoms with E-state index in [1.807, 2.05) is 43.5 Å². The molecule has 3 N–H and O–H groups in total. The standard InChI is InChI=1S/C17H23N5O.ClH/c1-12(19-17(23)15-9-5-6-13(15)10-18)16-11-22(21-20-16)14-7-3-2-4-8-14;/h2-4,7-8,11-13,15H,5-6,9-10,18H2,1H3,(H,19,23);1H/t12?,13-,15-;/m1./s1. The second-order valence-electron chi connectivity index (χ2n) is 6.19. The minimum atomic E-state index is -0.168. The molecular formula is C17H24ClN5O. The summed E-state index contributed by atoms with van der Waals surface area (Å²) in [4.78, 5) is 12.5. The highest BCUT2D eigenvalue weighted by atomic mass is 35.5. The Morgan fingerprint density at radius 2 is 2.12 bits per heavy atom. The second-order valence-corrected chi connectivity index (χ2v) is 6.19. The molecule has 3 atom stereocenters. The van der Waals surface area contributed by atoms with Crippen LogP contribution in [0.15, 0.2) is 36.5 Å². The van der Waals surface area contributed by atoms with Crippen molar-refractivity contribution in [2.75, 3.05) is 6.54 Å². The number of hydrogen-bond donors (Lipinski definition) is 2. The fraction of sp³-hybridized carbons (Fsp3) is 0.471. The molecule has 0 spiro atoms. The molecule has 7 heteroatoms. The molecule has 1 amide bonds. The van der Waals surface area contributed by atoms with Gasteiger partial charge in [0.05, 0.1) is 17.9 Å². The van der Waals surface area contributed by atoms with Crippen LogP contribution in [-0.2, 0) is 4.79 Å². The summed E-state index contributed by atoms with van der Waals surface area (Å²) in [7, 11) is 0. The first-order valence-electron chi connectivity index (χ1n) is 8.17. The zero-order chi connectivity index (χ0) is 16.2. The molecule has 1 aromatic heterocycles. The van der Waals surface area contributed by atoms with Crippen molar-refractivity contribution in [3.05, 3.63) is 42.2 Å². The Kier molecular flexibility index (Phi) is 6.34. The first-order valence-corrected chi connectivity index (χ1v) is 8.17. The molecule has 1 heterocycles. The first kappa shape index (κ1) is 18.4. The highest BCUT2D eigenvalue weighted by Gasteiger charge is 2.32. The Morgan fingerprint density at radius 1 is 1.38 bits per heavy atom. The monoisotopic (exact) mass is 349 g/mol. The number of nitrogens with two attached hydrogens (primary N) is 1. The smallest absolute Gasteiger partial charge is 0.223 e. The van der Waals surface area contributed by atoms with Gasteiger partial charge in [0.1, 0.15) is 5.69 Å². The predicted molar refractivity (Wildman–Crippen MR) is 95.1 cm³/mol. The minimum absolute atomic E-state index is 0. The van der Waals surface area contributed by atoms with E-state index in [1.54, 1.807) is 4.68 Å². The number of rotatable bonds is 5. The summed E-state index contributed by atoms with van der Waals surface area (Å²) in [6, 6.07) is 9.63. The summed E-state index contributed by atoms with van der Waals surface area (Å²) in [5, 5.41) is 11.4. The average Bonchev–Trinajstić information content (AvgIpc) is 3.24. The maximum Gasteiger partial charge on any atom is 0.223 e. The van der Waals surface area contributed by atoms with Gasteiger partial charge in [-0.1, -0.05) is 29.8 Å². The first-order chi connectivity index (χ1) is 11.2. The van der Waals surface area contributed by atoms with Gasteiger partial charge in [-0.05, 0) is 44.4 Å². The van der Waals surface area contributed by atoms with Gasteiger partial charge in [0.15, 0.2) is 0 Å². The molecule has 3 rings (SSSR count). The second kappa shape index (κ2) is 8.26. The molecule has 130 valence electrons. The van der Waals surface area contributed by atoms with Gasteiger partial charge in [-0.2, -0.15) is 0 Å². The van der Waals surface area contributed by atoms with Crippen LogP contribution >= 0.6 is 12.4 Å². The normalized spacial score (nSPS) is 21.1. The summed E-state index contributed by atoms with van der Waals surface area (Å²) in [6.45, 7) is 2.51. The molecule has 0 bridgehead atoms. The molecule has 0 radical (unpaired) electrons. The number of carbonyl (C=O) groups is 1. The maximum absolute atomic E-state index is 12.5. The van der Waals surface area contributed by atoms with Crippen LogP contribution in [0, 0.1) is 11.8 Å². The van der Waals surface area contributed by atoms with E-state index >= 15 is 0 Å². The number of para-hydroxylation sites is 1. The van der Waals surface area contributed by atoms with Gasteiger partial charge in [0.2, 0.25) is 5.91 Å². The van der Waals surface area contributed by atoms with Crippen LogP contribution in [-0.4, -0.2) is 27.4 Å². The number of carbonyl (C=O) groups excluding carboxylic acids is 1. The van der Waals surface area contributed by atoms with Crippen molar-refractivity contribution in [3.63, 3.8) is 0 Å². The third-order valence-corrected chi connectivity index (χ3v) is 4.63. The van der Waals surface area contributed by atoms with Gasteiger partial charge in [0, 0.05) is 5.92 Å². The summed E-state index contributed by atoms with van der Waals surface area (Å²) >= 11 is 0. The fourth-order valence-electron chi connectivity index (χ4n) is 3.24. The number of benzene rings is 1. The summed E-state index contributed by atoms with van der Waals surface area (Å²) < 4.78 is 1.72. The van der Waals surface area contributed by atoms with Gasteiger partial charge in [0.25, 0.3) is 0 Å². The van der Waals surface area contributed by atoms with Crippen LogP contribution in [0.4, 0.5) is 0 Å². The van der Waals surface area contributed by atoms with Crippen LogP contribution in [0.5, 0.6) is 0 Å². The highest BCUT2D eigenvalue weighted by Crippen LogP contribution is 2.31. The lowest BCUT2D eigenvalue weighted by Gasteiger charge is -2.19. The molecule has 1 fully saturated rings. The lowest BCUT2D eigenvalue weighted by molar-refractivity contribution is -0.126. The molecular weight excluding hydrogens is 326 g/mol. The Balaban J connectivity index is 0.00000208. The quantitative estimate of drug-likeness (QED) is 0.866. The largest absolute Gasteiger partial charge is 0.348 e. The van der Waals surface area contributed by atoms with Crippen LogP contribution in [0.25, 0.3) is 5.69 Å². The number of halogens is 1. The molecule has 1 aliphatic carbocycles. The molecule has 1 aliphatic rings. The molecule has 0 aliphatic heterocycles. The zero-order valence-corrected chi connectivity index (χ0v) is 14.6. The molecule has 24 heavy (non-hydrogen) atoms. The lowest BCUT2D eigenvalue weighted by Crippen LogP contribution is -2.36. The Labute approximate surface area is 148 Å². The van der Waals surface area contributed by atoms with Crippen molar-refractivity contribution in [3.8, 4) is 5.69 Å². The molecule has 6 nitrogen and oxygen atoms in total. The molecule has 1 unspecified atom stereocenters. The van der Waals surface area contributed by atoms with E-state index in [2.05, 4.69) is 15.6 Å². The molecule has 1 aromatic carbocycles. The average molecular weight is 350 g/mol. The maximum atomic E-state index is 12.5. The SMILES string of the molecule is CC(NC(=O)[C@@H]1CCC[C@@H]1CN)c1cn(-c2ccccc2)nn1.Cl. The number of nitrogens with one attached hydrogen (secondary N) is 1. The highest BCUT2D eigenvalue weighted by molar-refractivity contribution is 5.85. The molecule has 0 saturated heterocycles. The number of nitrogens with zero attached hydrogens (tertiary/aromatic N) is 3.